The minimum absolute atomic E-state index is 0. The molecule has 0 fully saturated rings. The average Bonchev–Trinajstić information content (AvgIpc) is 3.21. The predicted octanol–water partition coefficient (Wildman–Crippen LogP) is 3.55. The van der Waals surface area contributed by atoms with Crippen LogP contribution in [0.3, 0.4) is 0 Å². The maximum Gasteiger partial charge on any atom is 0.203 e. The highest BCUT2D eigenvalue weighted by atomic mass is 35.5. The van der Waals surface area contributed by atoms with Crippen LogP contribution in [0.2, 0.25) is 0 Å². The molecule has 23 heavy (non-hydrogen) atoms. The number of aliphatic imine (C=N–C) groups is 1. The number of methoxy groups -OCH3 is 1. The van der Waals surface area contributed by atoms with Gasteiger partial charge in [0.05, 0.1) is 24.9 Å². The lowest BCUT2D eigenvalue weighted by molar-refractivity contribution is 0.415. The van der Waals surface area contributed by atoms with Crippen molar-refractivity contribution >= 4 is 29.3 Å². The van der Waals surface area contributed by atoms with Gasteiger partial charge in [-0.2, -0.15) is 0 Å². The fourth-order valence-electron chi connectivity index (χ4n) is 2.89. The Morgan fingerprint density at radius 3 is 2.57 bits per heavy atom. The third-order valence-corrected chi connectivity index (χ3v) is 3.96. The number of rotatable bonds is 2. The first-order valence-corrected chi connectivity index (χ1v) is 7.40. The van der Waals surface area contributed by atoms with Crippen LogP contribution in [0.5, 0.6) is 5.75 Å². The van der Waals surface area contributed by atoms with Crippen molar-refractivity contribution in [1.82, 2.24) is 9.88 Å². The molecule has 1 aliphatic heterocycles. The van der Waals surface area contributed by atoms with Crippen LogP contribution in [0, 0.1) is 0 Å². The van der Waals surface area contributed by atoms with Crippen LogP contribution >= 0.6 is 12.4 Å². The summed E-state index contributed by atoms with van der Waals surface area (Å²) in [5, 5.41) is 4.58. The highest BCUT2D eigenvalue weighted by Gasteiger charge is 2.16. The third-order valence-electron chi connectivity index (χ3n) is 3.96. The Labute approximate surface area is 141 Å². The molecule has 5 heteroatoms. The molecular formula is C18H18ClN3O. The van der Waals surface area contributed by atoms with E-state index in [2.05, 4.69) is 57.3 Å². The van der Waals surface area contributed by atoms with Crippen molar-refractivity contribution in [3.05, 3.63) is 54.6 Å². The van der Waals surface area contributed by atoms with Gasteiger partial charge in [-0.3, -0.25) is 9.56 Å². The van der Waals surface area contributed by atoms with Gasteiger partial charge in [0.1, 0.15) is 5.75 Å². The molecule has 1 N–H and O–H groups in total. The van der Waals surface area contributed by atoms with E-state index in [1.807, 2.05) is 12.1 Å². The molecule has 0 unspecified atom stereocenters. The molecule has 0 amide bonds. The van der Waals surface area contributed by atoms with E-state index in [1.165, 1.54) is 10.9 Å². The van der Waals surface area contributed by atoms with Crippen LogP contribution in [0.4, 0.5) is 0 Å². The number of fused-ring (bicyclic) bond motifs is 1. The molecule has 0 saturated carbocycles. The number of ether oxygens (including phenoxy) is 1. The second-order valence-corrected chi connectivity index (χ2v) is 5.28. The fraction of sp³-hybridized carbons (Fsp3) is 0.167. The van der Waals surface area contributed by atoms with E-state index in [0.717, 1.165) is 36.1 Å². The summed E-state index contributed by atoms with van der Waals surface area (Å²) in [6, 6.07) is 18.7. The second-order valence-electron chi connectivity index (χ2n) is 5.28. The topological polar surface area (TPSA) is 38.5 Å². The van der Waals surface area contributed by atoms with Crippen molar-refractivity contribution in [2.45, 2.75) is 0 Å². The van der Waals surface area contributed by atoms with Crippen molar-refractivity contribution in [1.29, 1.82) is 0 Å². The third kappa shape index (κ3) is 2.66. The van der Waals surface area contributed by atoms with Crippen molar-refractivity contribution in [3.63, 3.8) is 0 Å². The number of hydrogen-bond acceptors (Lipinski definition) is 3. The molecule has 0 aliphatic carbocycles. The SMILES string of the molecule is COc1ccc(-c2cc3ccccc3n2C2=NCCN2)cc1.Cl. The van der Waals surface area contributed by atoms with Crippen LogP contribution in [0.25, 0.3) is 22.2 Å². The maximum absolute atomic E-state index is 5.25. The van der Waals surface area contributed by atoms with E-state index in [4.69, 9.17) is 4.74 Å². The highest BCUT2D eigenvalue weighted by molar-refractivity contribution is 6.00. The van der Waals surface area contributed by atoms with Gasteiger partial charge in [-0.25, -0.2) is 0 Å². The maximum atomic E-state index is 5.25. The summed E-state index contributed by atoms with van der Waals surface area (Å²) in [7, 11) is 1.68. The number of para-hydroxylation sites is 1. The van der Waals surface area contributed by atoms with Crippen LogP contribution in [0.1, 0.15) is 0 Å². The van der Waals surface area contributed by atoms with E-state index in [0.29, 0.717) is 0 Å². The minimum Gasteiger partial charge on any atom is -0.497 e. The lowest BCUT2D eigenvalue weighted by Gasteiger charge is -2.11. The van der Waals surface area contributed by atoms with Gasteiger partial charge in [0.2, 0.25) is 5.96 Å². The Hall–Kier alpha value is -2.46. The first-order valence-electron chi connectivity index (χ1n) is 7.40. The standard InChI is InChI=1S/C18H17N3O.ClH/c1-22-15-8-6-13(7-9-15)17-12-14-4-2-3-5-16(14)21(17)18-19-10-11-20-18;/h2-9,12H,10-11H2,1H3,(H,19,20);1H. The Morgan fingerprint density at radius 1 is 1.09 bits per heavy atom. The Kier molecular flexibility index (Phi) is 4.26. The number of halogens is 1. The van der Waals surface area contributed by atoms with E-state index in [1.54, 1.807) is 7.11 Å². The lowest BCUT2D eigenvalue weighted by atomic mass is 10.1. The largest absolute Gasteiger partial charge is 0.497 e. The van der Waals surface area contributed by atoms with E-state index >= 15 is 0 Å². The molecule has 0 spiro atoms. The molecule has 2 heterocycles. The molecule has 3 aromatic rings. The molecule has 1 aromatic heterocycles. The zero-order valence-electron chi connectivity index (χ0n) is 12.8. The summed E-state index contributed by atoms with van der Waals surface area (Å²) < 4.78 is 7.45. The van der Waals surface area contributed by atoms with Gasteiger partial charge in [0, 0.05) is 11.9 Å². The lowest BCUT2D eigenvalue weighted by Crippen LogP contribution is -2.26. The number of aromatic nitrogens is 1. The Bertz CT molecular complexity index is 852. The molecule has 0 bridgehead atoms. The highest BCUT2D eigenvalue weighted by Crippen LogP contribution is 2.29. The van der Waals surface area contributed by atoms with Gasteiger partial charge in [0.15, 0.2) is 0 Å². The van der Waals surface area contributed by atoms with Crippen molar-refractivity contribution in [3.8, 4) is 17.0 Å². The minimum atomic E-state index is 0. The Morgan fingerprint density at radius 2 is 1.87 bits per heavy atom. The summed E-state index contributed by atoms with van der Waals surface area (Å²) in [5.41, 5.74) is 3.45. The van der Waals surface area contributed by atoms with E-state index in [9.17, 15) is 0 Å². The van der Waals surface area contributed by atoms with Crippen molar-refractivity contribution in [2.75, 3.05) is 20.2 Å². The predicted molar refractivity (Wildman–Crippen MR) is 96.9 cm³/mol. The van der Waals surface area contributed by atoms with Crippen molar-refractivity contribution in [2.24, 2.45) is 4.99 Å². The van der Waals surface area contributed by atoms with Gasteiger partial charge in [0.25, 0.3) is 0 Å². The summed E-state index contributed by atoms with van der Waals surface area (Å²) in [6.45, 7) is 1.72. The molecule has 0 atom stereocenters. The summed E-state index contributed by atoms with van der Waals surface area (Å²) in [6.07, 6.45) is 0. The van der Waals surface area contributed by atoms with Crippen LogP contribution in [-0.2, 0) is 0 Å². The molecule has 4 rings (SSSR count). The van der Waals surface area contributed by atoms with Gasteiger partial charge >= 0.3 is 0 Å². The first-order chi connectivity index (χ1) is 10.9. The molecule has 118 valence electrons. The van der Waals surface area contributed by atoms with E-state index in [-0.39, 0.29) is 12.4 Å². The average molecular weight is 328 g/mol. The summed E-state index contributed by atoms with van der Waals surface area (Å²) in [4.78, 5) is 4.59. The first kappa shape index (κ1) is 15.4. The summed E-state index contributed by atoms with van der Waals surface area (Å²) in [5.74, 6) is 1.79. The van der Waals surface area contributed by atoms with Crippen LogP contribution < -0.4 is 10.1 Å². The van der Waals surface area contributed by atoms with E-state index < -0.39 is 0 Å². The van der Waals surface area contributed by atoms with Gasteiger partial charge in [-0.05, 0) is 42.0 Å². The molecule has 4 nitrogen and oxygen atoms in total. The Balaban J connectivity index is 0.00000156. The van der Waals surface area contributed by atoms with Crippen LogP contribution in [-0.4, -0.2) is 30.7 Å². The number of nitrogens with zero attached hydrogens (tertiary/aromatic N) is 2. The summed E-state index contributed by atoms with van der Waals surface area (Å²) >= 11 is 0. The second kappa shape index (κ2) is 6.34. The normalized spacial score (nSPS) is 13.3. The zero-order valence-corrected chi connectivity index (χ0v) is 13.6. The monoisotopic (exact) mass is 327 g/mol. The number of nitrogens with one attached hydrogen (secondary N) is 1. The van der Waals surface area contributed by atoms with Crippen molar-refractivity contribution < 1.29 is 4.74 Å². The van der Waals surface area contributed by atoms with Gasteiger partial charge in [-0.1, -0.05) is 18.2 Å². The fourth-order valence-corrected chi connectivity index (χ4v) is 2.89. The number of benzene rings is 2. The quantitative estimate of drug-likeness (QED) is 0.781. The molecule has 0 saturated heterocycles. The number of hydrogen-bond donors (Lipinski definition) is 1. The molecule has 2 aromatic carbocycles. The van der Waals surface area contributed by atoms with Crippen LogP contribution in [0.15, 0.2) is 59.6 Å². The zero-order chi connectivity index (χ0) is 14.9. The van der Waals surface area contributed by atoms with Gasteiger partial charge < -0.3 is 10.1 Å². The molecule has 0 radical (unpaired) electrons. The molecule has 1 aliphatic rings. The smallest absolute Gasteiger partial charge is 0.203 e. The molecular weight excluding hydrogens is 310 g/mol. The van der Waals surface area contributed by atoms with Gasteiger partial charge in [-0.15, -0.1) is 12.4 Å².